The monoisotopic (exact) mass is 652 g/mol. The van der Waals surface area contributed by atoms with E-state index in [1.165, 1.54) is 51.4 Å². The van der Waals surface area contributed by atoms with Gasteiger partial charge in [-0.05, 0) is 27.2 Å². The van der Waals surface area contributed by atoms with Gasteiger partial charge in [-0.2, -0.15) is 0 Å². The zero-order valence-electron chi connectivity index (χ0n) is 27.2. The number of hydrogen-bond acceptors (Lipinski definition) is 11. The van der Waals surface area contributed by atoms with Gasteiger partial charge in [0.15, 0.2) is 6.29 Å². The summed E-state index contributed by atoms with van der Waals surface area (Å²) in [5, 5.41) is 55.3. The Morgan fingerprint density at radius 3 is 1.95 bits per heavy atom. The van der Waals surface area contributed by atoms with Crippen LogP contribution in [0.2, 0.25) is 0 Å². The molecule has 0 aliphatic carbocycles. The van der Waals surface area contributed by atoms with E-state index in [4.69, 9.17) is 19.9 Å². The fourth-order valence-electron chi connectivity index (χ4n) is 4.98. The summed E-state index contributed by atoms with van der Waals surface area (Å²) in [5.41, 5.74) is 4.34. The number of ether oxygens (including phenoxy) is 3. The van der Waals surface area contributed by atoms with Crippen LogP contribution in [0.15, 0.2) is 0 Å². The van der Waals surface area contributed by atoms with Gasteiger partial charge in [0.25, 0.3) is 0 Å². The van der Waals surface area contributed by atoms with Crippen molar-refractivity contribution in [1.82, 2.24) is 5.32 Å². The molecule has 1 rings (SSSR count). The molecule has 1 heterocycles. The van der Waals surface area contributed by atoms with E-state index in [-0.39, 0.29) is 11.5 Å². The van der Waals surface area contributed by atoms with Crippen LogP contribution in [0.4, 0.5) is 4.79 Å². The van der Waals surface area contributed by atoms with E-state index in [1.54, 1.807) is 20.8 Å². The van der Waals surface area contributed by atoms with Gasteiger partial charge in [-0.1, -0.05) is 84.0 Å². The Bertz CT molecular complexity index is 787. The molecule has 260 valence electrons. The fraction of sp³-hybridized carbons (Fsp3) is 0.935. The summed E-state index contributed by atoms with van der Waals surface area (Å²) < 4.78 is 16.6. The Morgan fingerprint density at radius 1 is 0.886 bits per heavy atom. The average molecular weight is 653 g/mol. The predicted molar refractivity (Wildman–Crippen MR) is 170 cm³/mol. The van der Waals surface area contributed by atoms with E-state index in [9.17, 15) is 35.1 Å². The zero-order valence-corrected chi connectivity index (χ0v) is 28.0. The number of amides is 2. The van der Waals surface area contributed by atoms with Crippen LogP contribution < -0.4 is 11.1 Å². The number of aliphatic hydroxyl groups excluding tert-OH is 5. The minimum absolute atomic E-state index is 0.0259. The molecule has 12 nitrogen and oxygen atoms in total. The summed E-state index contributed by atoms with van der Waals surface area (Å²) in [4.78, 5) is 23.6. The zero-order chi connectivity index (χ0) is 33.1. The van der Waals surface area contributed by atoms with E-state index in [1.807, 2.05) is 0 Å². The van der Waals surface area contributed by atoms with Gasteiger partial charge in [0.05, 0.1) is 30.6 Å². The number of aliphatic hydroxyl groups is 5. The predicted octanol–water partition coefficient (Wildman–Crippen LogP) is 2.74. The molecule has 0 aromatic heterocycles. The van der Waals surface area contributed by atoms with Crippen LogP contribution in [0.25, 0.3) is 0 Å². The first-order valence-corrected chi connectivity index (χ1v) is 17.4. The molecule has 1 aliphatic rings. The van der Waals surface area contributed by atoms with Crippen molar-refractivity contribution in [3.05, 3.63) is 0 Å². The van der Waals surface area contributed by atoms with Gasteiger partial charge in [0.1, 0.15) is 30.0 Å². The van der Waals surface area contributed by atoms with E-state index < -0.39 is 73.2 Å². The summed E-state index contributed by atoms with van der Waals surface area (Å²) >= 11 is 1.09. The highest BCUT2D eigenvalue weighted by Crippen LogP contribution is 2.25. The third-order valence-electron chi connectivity index (χ3n) is 7.50. The second-order valence-electron chi connectivity index (χ2n) is 12.8. The second-order valence-corrected chi connectivity index (χ2v) is 13.8. The highest BCUT2D eigenvalue weighted by molar-refractivity contribution is 7.99. The highest BCUT2D eigenvalue weighted by atomic mass is 32.2. The smallest absolute Gasteiger partial charge is 0.408 e. The van der Waals surface area contributed by atoms with E-state index in [2.05, 4.69) is 12.2 Å². The van der Waals surface area contributed by atoms with Crippen LogP contribution in [0.5, 0.6) is 0 Å². The van der Waals surface area contributed by atoms with Crippen LogP contribution in [0.3, 0.4) is 0 Å². The molecule has 0 aromatic rings. The fourth-order valence-corrected chi connectivity index (χ4v) is 5.81. The molecule has 13 heteroatoms. The molecule has 0 bridgehead atoms. The molecule has 8 N–H and O–H groups in total. The minimum atomic E-state index is -1.63. The quantitative estimate of drug-likeness (QED) is 0.0801. The molecule has 44 heavy (non-hydrogen) atoms. The Labute approximate surface area is 267 Å². The third-order valence-corrected chi connectivity index (χ3v) is 8.55. The number of rotatable bonds is 23. The summed E-state index contributed by atoms with van der Waals surface area (Å²) in [5.74, 6) is -0.490. The van der Waals surface area contributed by atoms with Gasteiger partial charge in [-0.3, -0.25) is 4.79 Å². The first kappa shape index (κ1) is 40.8. The van der Waals surface area contributed by atoms with Gasteiger partial charge >= 0.3 is 6.09 Å². The van der Waals surface area contributed by atoms with Gasteiger partial charge in [-0.25, -0.2) is 4.79 Å². The maximum Gasteiger partial charge on any atom is 0.408 e. The number of unbranched alkanes of at least 4 members (excludes halogenated alkanes) is 11. The second kappa shape index (κ2) is 22.4. The Morgan fingerprint density at radius 2 is 1.43 bits per heavy atom. The molecule has 0 spiro atoms. The van der Waals surface area contributed by atoms with Crippen molar-refractivity contribution >= 4 is 23.8 Å². The molecule has 1 fully saturated rings. The lowest BCUT2D eigenvalue weighted by atomic mass is 9.99. The molecule has 2 amide bonds. The van der Waals surface area contributed by atoms with Crippen molar-refractivity contribution in [2.45, 2.75) is 166 Å². The lowest BCUT2D eigenvalue weighted by Crippen LogP contribution is -2.60. The van der Waals surface area contributed by atoms with E-state index >= 15 is 0 Å². The van der Waals surface area contributed by atoms with Crippen molar-refractivity contribution in [2.75, 3.05) is 18.1 Å². The summed E-state index contributed by atoms with van der Waals surface area (Å²) in [6.45, 7) is 6.88. The number of nitrogens with one attached hydrogen (secondary N) is 1. The van der Waals surface area contributed by atoms with E-state index in [0.717, 1.165) is 31.0 Å². The van der Waals surface area contributed by atoms with Gasteiger partial charge in [-0.15, -0.1) is 11.8 Å². The van der Waals surface area contributed by atoms with Crippen LogP contribution in [0, 0.1) is 0 Å². The molecule has 8 atom stereocenters. The van der Waals surface area contributed by atoms with Crippen molar-refractivity contribution in [1.29, 1.82) is 0 Å². The number of hydrogen-bond donors (Lipinski definition) is 7. The van der Waals surface area contributed by atoms with Crippen molar-refractivity contribution in [3.8, 4) is 0 Å². The van der Waals surface area contributed by atoms with Crippen molar-refractivity contribution < 1.29 is 49.3 Å². The largest absolute Gasteiger partial charge is 0.444 e. The SMILES string of the molecule is CCCCCCCCCCCCCC[C@@H](O)[C@@H](O)[C@H](CO[C@H]1OC(CSCC(N)=O)[C@H](O)[C@H](O)C1O)NC(=O)OC(C)(C)C. The first-order chi connectivity index (χ1) is 20.8. The molecule has 0 saturated carbocycles. The molecular formula is C31H60N2O10S. The number of nitrogens with two attached hydrogens (primary N) is 1. The van der Waals surface area contributed by atoms with Gasteiger partial charge in [0, 0.05) is 5.75 Å². The molecule has 0 radical (unpaired) electrons. The van der Waals surface area contributed by atoms with Gasteiger partial charge < -0.3 is 50.8 Å². The van der Waals surface area contributed by atoms with Crippen LogP contribution >= 0.6 is 11.8 Å². The van der Waals surface area contributed by atoms with Crippen molar-refractivity contribution in [3.63, 3.8) is 0 Å². The molecule has 1 saturated heterocycles. The van der Waals surface area contributed by atoms with Crippen LogP contribution in [-0.2, 0) is 19.0 Å². The maximum absolute atomic E-state index is 12.5. The Hall–Kier alpha value is -1.19. The summed E-state index contributed by atoms with van der Waals surface area (Å²) in [6, 6.07) is -1.14. The Balaban J connectivity index is 2.63. The topological polar surface area (TPSA) is 201 Å². The normalized spacial score (nSPS) is 24.4. The lowest BCUT2D eigenvalue weighted by molar-refractivity contribution is -0.294. The molecule has 2 unspecified atom stereocenters. The Kier molecular flexibility index (Phi) is 20.7. The van der Waals surface area contributed by atoms with Gasteiger partial charge in [0.2, 0.25) is 5.91 Å². The summed E-state index contributed by atoms with van der Waals surface area (Å²) in [6.07, 6.45) is 3.87. The summed E-state index contributed by atoms with van der Waals surface area (Å²) in [7, 11) is 0. The van der Waals surface area contributed by atoms with Crippen LogP contribution in [-0.4, -0.2) is 110 Å². The molecular weight excluding hydrogens is 592 g/mol. The number of carbonyl (C=O) groups excluding carboxylic acids is 2. The van der Waals surface area contributed by atoms with Crippen molar-refractivity contribution in [2.24, 2.45) is 5.73 Å². The maximum atomic E-state index is 12.5. The first-order valence-electron chi connectivity index (χ1n) is 16.3. The molecule has 1 aliphatic heterocycles. The number of thioether (sulfide) groups is 1. The number of primary amides is 1. The highest BCUT2D eigenvalue weighted by Gasteiger charge is 2.44. The number of alkyl carbamates (subject to hydrolysis) is 1. The standard InChI is InChI=1S/C31H60N2O10S/c1-5-6-7-8-9-10-11-12-13-14-15-16-17-22(34)25(36)21(33-30(40)43-31(2,3)4)18-41-29-28(39)27(38)26(37)23(42-29)19-44-20-24(32)35/h21-23,25-29,34,36-39H,5-20H2,1-4H3,(H2,32,35)(H,33,40)/t21-,22+,23?,25-,26-,27-,28?,29-/m0/s1. The van der Waals surface area contributed by atoms with E-state index in [0.29, 0.717) is 12.8 Å². The number of carbonyl (C=O) groups is 2. The van der Waals surface area contributed by atoms with Crippen LogP contribution in [0.1, 0.15) is 111 Å². The molecule has 0 aromatic carbocycles. The third kappa shape index (κ3) is 17.5. The minimum Gasteiger partial charge on any atom is -0.444 e. The lowest BCUT2D eigenvalue weighted by Gasteiger charge is -2.41. The average Bonchev–Trinajstić information content (AvgIpc) is 2.94.